The molecular weight excluding hydrogens is 401 g/mol. The minimum absolute atomic E-state index is 0. The highest BCUT2D eigenvalue weighted by Crippen LogP contribution is 2.23. The first kappa shape index (κ1) is 20.6. The summed E-state index contributed by atoms with van der Waals surface area (Å²) in [6.07, 6.45) is 0. The van der Waals surface area contributed by atoms with Gasteiger partial charge >= 0.3 is 0 Å². The lowest BCUT2D eigenvalue weighted by atomic mass is 10.00. The molecule has 3 N–H and O–H groups in total. The molecule has 0 saturated heterocycles. The normalized spacial score (nSPS) is 14.2. The molecule has 0 aliphatic heterocycles. The molecule has 0 amide bonds. The lowest BCUT2D eigenvalue weighted by molar-refractivity contribution is 0.0677. The number of aliphatic imine (C=N–C) groups is 1. The van der Waals surface area contributed by atoms with Crippen molar-refractivity contribution in [3.8, 4) is 0 Å². The van der Waals surface area contributed by atoms with Crippen LogP contribution in [-0.2, 0) is 10.3 Å². The van der Waals surface area contributed by atoms with E-state index in [0.717, 1.165) is 12.1 Å². The van der Waals surface area contributed by atoms with Crippen LogP contribution in [0.2, 0.25) is 0 Å². The van der Waals surface area contributed by atoms with E-state index in [9.17, 15) is 5.11 Å². The van der Waals surface area contributed by atoms with Gasteiger partial charge in [-0.25, -0.2) is 4.99 Å². The Bertz CT molecular complexity index is 397. The molecule has 1 aromatic heterocycles. The number of halogens is 1. The van der Waals surface area contributed by atoms with Gasteiger partial charge < -0.3 is 20.5 Å². The third-order valence-corrected chi connectivity index (χ3v) is 3.46. The number of ether oxygens (including phenoxy) is 1. The summed E-state index contributed by atoms with van der Waals surface area (Å²) < 4.78 is 5.27. The first-order valence-corrected chi connectivity index (χ1v) is 7.89. The molecule has 122 valence electrons. The first-order chi connectivity index (χ1) is 9.60. The van der Waals surface area contributed by atoms with Crippen LogP contribution in [0, 0.1) is 0 Å². The zero-order chi connectivity index (χ0) is 14.8. The van der Waals surface area contributed by atoms with Crippen LogP contribution < -0.4 is 10.6 Å². The van der Waals surface area contributed by atoms with Crippen LogP contribution in [0.5, 0.6) is 0 Å². The molecule has 5 nitrogen and oxygen atoms in total. The maximum atomic E-state index is 10.4. The summed E-state index contributed by atoms with van der Waals surface area (Å²) >= 11 is 1.57. The van der Waals surface area contributed by atoms with Crippen molar-refractivity contribution in [2.45, 2.75) is 26.4 Å². The number of hydrogen-bond acceptors (Lipinski definition) is 4. The van der Waals surface area contributed by atoms with Crippen molar-refractivity contribution >= 4 is 41.3 Å². The summed E-state index contributed by atoms with van der Waals surface area (Å²) in [6.45, 7) is 8.90. The van der Waals surface area contributed by atoms with Crippen molar-refractivity contribution in [3.05, 3.63) is 22.4 Å². The second kappa shape index (κ2) is 11.2. The van der Waals surface area contributed by atoms with Gasteiger partial charge in [0.15, 0.2) is 5.96 Å². The molecule has 0 saturated carbocycles. The number of guanidine groups is 1. The Morgan fingerprint density at radius 3 is 2.76 bits per heavy atom. The molecule has 0 aliphatic carbocycles. The lowest BCUT2D eigenvalue weighted by Crippen LogP contribution is -2.40. The third-order valence-electron chi connectivity index (χ3n) is 2.78. The van der Waals surface area contributed by atoms with E-state index < -0.39 is 5.60 Å². The van der Waals surface area contributed by atoms with E-state index in [1.807, 2.05) is 30.7 Å². The number of thiophene rings is 1. The Balaban J connectivity index is 0.00000400. The summed E-state index contributed by atoms with van der Waals surface area (Å²) in [5.74, 6) is 0.697. The zero-order valence-electron chi connectivity index (χ0n) is 12.9. The molecule has 1 unspecified atom stereocenters. The lowest BCUT2D eigenvalue weighted by Gasteiger charge is -2.21. The average molecular weight is 427 g/mol. The summed E-state index contributed by atoms with van der Waals surface area (Å²) in [6, 6.07) is 1.93. The molecule has 1 heterocycles. The van der Waals surface area contributed by atoms with Gasteiger partial charge in [-0.3, -0.25) is 0 Å². The van der Waals surface area contributed by atoms with Gasteiger partial charge in [0.1, 0.15) is 5.60 Å². The molecule has 1 aromatic rings. The highest BCUT2D eigenvalue weighted by Gasteiger charge is 2.23. The molecule has 21 heavy (non-hydrogen) atoms. The number of nitrogens with zero attached hydrogens (tertiary/aromatic N) is 1. The number of rotatable bonds is 8. The smallest absolute Gasteiger partial charge is 0.191 e. The Hall–Kier alpha value is -0.380. The molecule has 0 fully saturated rings. The van der Waals surface area contributed by atoms with E-state index in [0.29, 0.717) is 32.3 Å². The Kier molecular flexibility index (Phi) is 11.0. The number of nitrogens with one attached hydrogen (secondary N) is 2. The monoisotopic (exact) mass is 427 g/mol. The van der Waals surface area contributed by atoms with Gasteiger partial charge in [0.05, 0.1) is 13.2 Å². The van der Waals surface area contributed by atoms with Crippen molar-refractivity contribution in [1.29, 1.82) is 0 Å². The summed E-state index contributed by atoms with van der Waals surface area (Å²) in [4.78, 5) is 4.43. The maximum absolute atomic E-state index is 10.4. The quantitative estimate of drug-likeness (QED) is 0.258. The minimum atomic E-state index is -0.942. The second-order valence-electron chi connectivity index (χ2n) is 4.60. The van der Waals surface area contributed by atoms with E-state index in [1.54, 1.807) is 18.3 Å². The van der Waals surface area contributed by atoms with Crippen LogP contribution in [0.4, 0.5) is 0 Å². The number of hydrogen-bond donors (Lipinski definition) is 3. The second-order valence-corrected chi connectivity index (χ2v) is 5.38. The van der Waals surface area contributed by atoms with E-state index in [1.165, 1.54) is 0 Å². The fourth-order valence-corrected chi connectivity index (χ4v) is 2.41. The molecule has 1 rings (SSSR count). The van der Waals surface area contributed by atoms with Crippen molar-refractivity contribution < 1.29 is 9.84 Å². The van der Waals surface area contributed by atoms with Gasteiger partial charge in [0, 0.05) is 19.7 Å². The predicted octanol–water partition coefficient (Wildman–Crippen LogP) is 2.17. The largest absolute Gasteiger partial charge is 0.383 e. The zero-order valence-corrected chi connectivity index (χ0v) is 16.0. The highest BCUT2D eigenvalue weighted by atomic mass is 127. The topological polar surface area (TPSA) is 65.9 Å². The van der Waals surface area contributed by atoms with Crippen molar-refractivity contribution in [2.75, 3.05) is 32.8 Å². The van der Waals surface area contributed by atoms with Crippen LogP contribution in [0.1, 0.15) is 26.3 Å². The molecule has 0 radical (unpaired) electrons. The standard InChI is InChI=1S/C14H25N3O2S.HI/c1-4-15-13(16-7-8-19-5-2)17-11-14(3,18)12-6-9-20-10-12;/h6,9-10,18H,4-5,7-8,11H2,1-3H3,(H2,15,16,17);1H. The van der Waals surface area contributed by atoms with Gasteiger partial charge in [-0.15, -0.1) is 24.0 Å². The Morgan fingerprint density at radius 2 is 2.19 bits per heavy atom. The van der Waals surface area contributed by atoms with E-state index in [4.69, 9.17) is 4.74 Å². The van der Waals surface area contributed by atoms with Crippen molar-refractivity contribution in [2.24, 2.45) is 4.99 Å². The molecule has 1 atom stereocenters. The molecule has 0 aromatic carbocycles. The summed E-state index contributed by atoms with van der Waals surface area (Å²) in [5, 5.41) is 20.7. The van der Waals surface area contributed by atoms with Gasteiger partial charge in [-0.05, 0) is 43.2 Å². The van der Waals surface area contributed by atoms with E-state index in [2.05, 4.69) is 15.6 Å². The first-order valence-electron chi connectivity index (χ1n) is 6.95. The Morgan fingerprint density at radius 1 is 1.43 bits per heavy atom. The van der Waals surface area contributed by atoms with Gasteiger partial charge in [-0.2, -0.15) is 11.3 Å². The maximum Gasteiger partial charge on any atom is 0.191 e. The van der Waals surface area contributed by atoms with Gasteiger partial charge in [-0.1, -0.05) is 0 Å². The van der Waals surface area contributed by atoms with Crippen LogP contribution in [0.3, 0.4) is 0 Å². The molecule has 0 bridgehead atoms. The summed E-state index contributed by atoms with van der Waals surface area (Å²) in [7, 11) is 0. The fourth-order valence-electron chi connectivity index (χ4n) is 1.62. The van der Waals surface area contributed by atoms with Crippen LogP contribution in [0.25, 0.3) is 0 Å². The average Bonchev–Trinajstić information content (AvgIpc) is 2.95. The minimum Gasteiger partial charge on any atom is -0.383 e. The SMILES string of the molecule is CCNC(=NCC(C)(O)c1ccsc1)NCCOCC.I. The van der Waals surface area contributed by atoms with Gasteiger partial charge in [0.2, 0.25) is 0 Å². The van der Waals surface area contributed by atoms with Crippen molar-refractivity contribution in [3.63, 3.8) is 0 Å². The molecule has 7 heteroatoms. The highest BCUT2D eigenvalue weighted by molar-refractivity contribution is 14.0. The van der Waals surface area contributed by atoms with Crippen molar-refractivity contribution in [1.82, 2.24) is 10.6 Å². The van der Waals surface area contributed by atoms with E-state index >= 15 is 0 Å². The molecular formula is C14H26IN3O2S. The van der Waals surface area contributed by atoms with Gasteiger partial charge in [0.25, 0.3) is 0 Å². The Labute approximate surface area is 148 Å². The summed E-state index contributed by atoms with van der Waals surface area (Å²) in [5.41, 5.74) is -0.0427. The van der Waals surface area contributed by atoms with Crippen LogP contribution >= 0.6 is 35.3 Å². The van der Waals surface area contributed by atoms with Crippen LogP contribution in [0.15, 0.2) is 21.8 Å². The third kappa shape index (κ3) is 7.98. The van der Waals surface area contributed by atoms with Crippen LogP contribution in [-0.4, -0.2) is 43.9 Å². The fraction of sp³-hybridized carbons (Fsp3) is 0.643. The predicted molar refractivity (Wildman–Crippen MR) is 99.8 cm³/mol. The molecule has 0 aliphatic rings. The number of aliphatic hydroxyl groups is 1. The molecule has 0 spiro atoms. The van der Waals surface area contributed by atoms with E-state index in [-0.39, 0.29) is 24.0 Å².